The van der Waals surface area contributed by atoms with E-state index in [0.29, 0.717) is 44.6 Å². The van der Waals surface area contributed by atoms with Crippen molar-refractivity contribution >= 4 is 69.2 Å². The highest BCUT2D eigenvalue weighted by molar-refractivity contribution is 8.27. The zero-order valence-corrected chi connectivity index (χ0v) is 21.0. The van der Waals surface area contributed by atoms with Gasteiger partial charge in [-0.05, 0) is 66.6 Å². The Labute approximate surface area is 216 Å². The second kappa shape index (κ2) is 10.8. The molecule has 0 spiro atoms. The first-order valence-electron chi connectivity index (χ1n) is 10.2. The number of hydrogen-bond donors (Lipinski definition) is 0. The zero-order valence-electron chi connectivity index (χ0n) is 17.9. The number of nitrogens with zero attached hydrogens (tertiary/aromatic N) is 1. The van der Waals surface area contributed by atoms with Gasteiger partial charge in [0.05, 0.1) is 22.2 Å². The first-order valence-corrected chi connectivity index (χ1v) is 12.2. The summed E-state index contributed by atoms with van der Waals surface area (Å²) in [4.78, 5) is 14.8. The number of benzene rings is 3. The molecule has 0 aliphatic carbocycles. The Morgan fingerprint density at radius 1 is 1.03 bits per heavy atom. The number of amides is 1. The number of halogens is 3. The smallest absolute Gasteiger partial charge is 0.270 e. The maximum atomic E-state index is 13.5. The quantitative estimate of drug-likeness (QED) is 0.232. The Balaban J connectivity index is 1.55. The molecule has 4 nitrogen and oxygen atoms in total. The lowest BCUT2D eigenvalue weighted by Crippen LogP contribution is -2.27. The number of carbonyl (C=O) groups excluding carboxylic acids is 1. The number of hydrogen-bond acceptors (Lipinski definition) is 5. The number of ether oxygens (including phenoxy) is 2. The molecule has 1 saturated heterocycles. The molecule has 0 radical (unpaired) electrons. The lowest BCUT2D eigenvalue weighted by molar-refractivity contribution is -0.113. The molecular formula is C25H18Cl2FNO3S2. The summed E-state index contributed by atoms with van der Waals surface area (Å²) < 4.78 is 25.6. The lowest BCUT2D eigenvalue weighted by atomic mass is 10.1. The average Bonchev–Trinajstić information content (AvgIpc) is 3.09. The van der Waals surface area contributed by atoms with Crippen molar-refractivity contribution in [2.75, 3.05) is 11.5 Å². The van der Waals surface area contributed by atoms with Gasteiger partial charge in [0, 0.05) is 5.02 Å². The molecule has 4 rings (SSSR count). The molecule has 0 atom stereocenters. The minimum absolute atomic E-state index is 0.0777. The van der Waals surface area contributed by atoms with Crippen molar-refractivity contribution in [1.29, 1.82) is 0 Å². The molecule has 0 N–H and O–H groups in total. The van der Waals surface area contributed by atoms with Gasteiger partial charge in [-0.2, -0.15) is 0 Å². The van der Waals surface area contributed by atoms with Gasteiger partial charge in [0.2, 0.25) is 0 Å². The molecule has 1 aliphatic rings. The van der Waals surface area contributed by atoms with E-state index in [4.69, 9.17) is 44.9 Å². The molecule has 174 valence electrons. The molecule has 34 heavy (non-hydrogen) atoms. The fraction of sp³-hybridized carbons (Fsp3) is 0.120. The average molecular weight is 534 g/mol. The van der Waals surface area contributed by atoms with Gasteiger partial charge < -0.3 is 9.47 Å². The standard InChI is InChI=1S/C25H18Cl2FNO3S2/c1-2-31-22-11-16(5-10-21(22)32-14-15-3-6-17(26)7-4-15)12-23-24(30)29(25(33)34-23)18-8-9-20(28)19(27)13-18/h3-13H,2,14H2,1H3/b23-12+. The molecule has 1 amide bonds. The topological polar surface area (TPSA) is 38.8 Å². The van der Waals surface area contributed by atoms with E-state index in [1.54, 1.807) is 12.1 Å². The molecule has 0 bridgehead atoms. The van der Waals surface area contributed by atoms with Crippen molar-refractivity contribution in [1.82, 2.24) is 0 Å². The maximum Gasteiger partial charge on any atom is 0.270 e. The van der Waals surface area contributed by atoms with Crippen LogP contribution in [0.2, 0.25) is 10.0 Å². The van der Waals surface area contributed by atoms with Crippen LogP contribution in [0.5, 0.6) is 11.5 Å². The van der Waals surface area contributed by atoms with E-state index in [9.17, 15) is 9.18 Å². The van der Waals surface area contributed by atoms with E-state index >= 15 is 0 Å². The predicted molar refractivity (Wildman–Crippen MR) is 140 cm³/mol. The third-order valence-electron chi connectivity index (χ3n) is 4.83. The Morgan fingerprint density at radius 2 is 1.79 bits per heavy atom. The van der Waals surface area contributed by atoms with Crippen molar-refractivity contribution in [2.45, 2.75) is 13.5 Å². The predicted octanol–water partition coefficient (Wildman–Crippen LogP) is 7.52. The molecule has 1 heterocycles. The Morgan fingerprint density at radius 3 is 2.50 bits per heavy atom. The second-order valence-corrected chi connectivity index (χ2v) is 9.69. The van der Waals surface area contributed by atoms with Crippen molar-refractivity contribution in [2.24, 2.45) is 0 Å². The van der Waals surface area contributed by atoms with Crippen molar-refractivity contribution in [3.05, 3.63) is 92.6 Å². The highest BCUT2D eigenvalue weighted by Gasteiger charge is 2.33. The number of thiocarbonyl (C=S) groups is 1. The van der Waals surface area contributed by atoms with Crippen LogP contribution in [0.1, 0.15) is 18.1 Å². The summed E-state index contributed by atoms with van der Waals surface area (Å²) in [6.45, 7) is 2.69. The van der Waals surface area contributed by atoms with Crippen LogP contribution < -0.4 is 14.4 Å². The molecule has 1 aliphatic heterocycles. The van der Waals surface area contributed by atoms with E-state index in [2.05, 4.69) is 0 Å². The Hall–Kier alpha value is -2.58. The minimum Gasteiger partial charge on any atom is -0.490 e. The van der Waals surface area contributed by atoms with Crippen LogP contribution in [0.25, 0.3) is 6.08 Å². The lowest BCUT2D eigenvalue weighted by Gasteiger charge is -2.15. The van der Waals surface area contributed by atoms with Crippen molar-refractivity contribution in [3.8, 4) is 11.5 Å². The van der Waals surface area contributed by atoms with Gasteiger partial charge in [0.15, 0.2) is 15.8 Å². The summed E-state index contributed by atoms with van der Waals surface area (Å²) in [7, 11) is 0. The number of carbonyl (C=O) groups is 1. The zero-order chi connectivity index (χ0) is 24.2. The van der Waals surface area contributed by atoms with Crippen LogP contribution >= 0.6 is 47.2 Å². The van der Waals surface area contributed by atoms with E-state index < -0.39 is 5.82 Å². The molecule has 0 unspecified atom stereocenters. The van der Waals surface area contributed by atoms with Crippen LogP contribution in [-0.4, -0.2) is 16.8 Å². The van der Waals surface area contributed by atoms with Crippen LogP contribution in [0.4, 0.5) is 10.1 Å². The van der Waals surface area contributed by atoms with E-state index in [1.165, 1.54) is 23.1 Å². The molecule has 0 aromatic heterocycles. The highest BCUT2D eigenvalue weighted by atomic mass is 35.5. The van der Waals surface area contributed by atoms with Crippen LogP contribution in [0.15, 0.2) is 65.6 Å². The fourth-order valence-electron chi connectivity index (χ4n) is 3.21. The first-order chi connectivity index (χ1) is 16.4. The molecule has 3 aromatic rings. The van der Waals surface area contributed by atoms with Gasteiger partial charge in [0.25, 0.3) is 5.91 Å². The summed E-state index contributed by atoms with van der Waals surface area (Å²) in [6, 6.07) is 16.9. The summed E-state index contributed by atoms with van der Waals surface area (Å²) in [5.74, 6) is 0.278. The number of rotatable bonds is 7. The van der Waals surface area contributed by atoms with E-state index in [-0.39, 0.29) is 10.9 Å². The maximum absolute atomic E-state index is 13.5. The third kappa shape index (κ3) is 5.55. The van der Waals surface area contributed by atoms with Gasteiger partial charge in [-0.3, -0.25) is 9.69 Å². The van der Waals surface area contributed by atoms with Crippen LogP contribution in [0.3, 0.4) is 0 Å². The highest BCUT2D eigenvalue weighted by Crippen LogP contribution is 2.38. The van der Waals surface area contributed by atoms with Crippen LogP contribution in [0, 0.1) is 5.82 Å². The number of anilines is 1. The molecule has 0 saturated carbocycles. The molecular weight excluding hydrogens is 516 g/mol. The minimum atomic E-state index is -0.562. The van der Waals surface area contributed by atoms with Crippen molar-refractivity contribution in [3.63, 3.8) is 0 Å². The second-order valence-electron chi connectivity index (χ2n) is 7.17. The monoisotopic (exact) mass is 533 g/mol. The SMILES string of the molecule is CCOc1cc(/C=C2/SC(=S)N(c3ccc(F)c(Cl)c3)C2=O)ccc1OCc1ccc(Cl)cc1. The Kier molecular flexibility index (Phi) is 7.78. The molecule has 1 fully saturated rings. The van der Waals surface area contributed by atoms with Crippen LogP contribution in [-0.2, 0) is 11.4 Å². The molecule has 3 aromatic carbocycles. The van der Waals surface area contributed by atoms with Gasteiger partial charge >= 0.3 is 0 Å². The fourth-order valence-corrected chi connectivity index (χ4v) is 4.81. The summed E-state index contributed by atoms with van der Waals surface area (Å²) >= 11 is 18.4. The van der Waals surface area contributed by atoms with Gasteiger partial charge in [-0.15, -0.1) is 0 Å². The van der Waals surface area contributed by atoms with Crippen molar-refractivity contribution < 1.29 is 18.7 Å². The summed E-state index contributed by atoms with van der Waals surface area (Å²) in [5, 5.41) is 0.585. The largest absolute Gasteiger partial charge is 0.490 e. The Bertz CT molecular complexity index is 1280. The van der Waals surface area contributed by atoms with E-state index in [1.807, 2.05) is 43.3 Å². The van der Waals surface area contributed by atoms with Gasteiger partial charge in [-0.25, -0.2) is 4.39 Å². The number of thioether (sulfide) groups is 1. The first kappa shape index (κ1) is 24.5. The normalized spacial score (nSPS) is 14.7. The van der Waals surface area contributed by atoms with Gasteiger partial charge in [-0.1, -0.05) is 65.4 Å². The molecule has 9 heteroatoms. The van der Waals surface area contributed by atoms with E-state index in [0.717, 1.165) is 22.9 Å². The summed E-state index contributed by atoms with van der Waals surface area (Å²) in [5.41, 5.74) is 2.14. The third-order valence-corrected chi connectivity index (χ3v) is 6.67. The summed E-state index contributed by atoms with van der Waals surface area (Å²) in [6.07, 6.45) is 1.73. The van der Waals surface area contributed by atoms with Gasteiger partial charge in [0.1, 0.15) is 12.4 Å².